The number of hydrogen-bond donors (Lipinski definition) is 1. The molecule has 0 aliphatic rings. The summed E-state index contributed by atoms with van der Waals surface area (Å²) in [6.07, 6.45) is 0.786. The van der Waals surface area contributed by atoms with Gasteiger partial charge in [-0.25, -0.2) is 16.8 Å². The van der Waals surface area contributed by atoms with Crippen molar-refractivity contribution in [1.29, 1.82) is 0 Å². The molecule has 0 bridgehead atoms. The number of rotatable bonds is 7. The average Bonchev–Trinajstić information content (AvgIpc) is 3.19. The van der Waals surface area contributed by atoms with Gasteiger partial charge in [-0.3, -0.25) is 4.72 Å². The summed E-state index contributed by atoms with van der Waals surface area (Å²) in [5, 5.41) is 7.68. The van der Waals surface area contributed by atoms with Crippen LogP contribution in [0.1, 0.15) is 18.7 Å². The zero-order valence-corrected chi connectivity index (χ0v) is 17.7. The second-order valence-corrected chi connectivity index (χ2v) is 11.2. The highest BCUT2D eigenvalue weighted by molar-refractivity contribution is 7.94. The number of sulfone groups is 1. The molecule has 0 aliphatic heterocycles. The Morgan fingerprint density at radius 3 is 2.14 bits per heavy atom. The van der Waals surface area contributed by atoms with Gasteiger partial charge in [-0.05, 0) is 42.8 Å². The molecule has 2 aromatic heterocycles. The van der Waals surface area contributed by atoms with Crippen molar-refractivity contribution in [3.63, 3.8) is 0 Å². The molecule has 0 saturated heterocycles. The molecule has 0 spiro atoms. The van der Waals surface area contributed by atoms with Crippen molar-refractivity contribution >= 4 is 36.9 Å². The molecule has 0 fully saturated rings. The Bertz CT molecular complexity index is 1170. The largest absolute Gasteiger partial charge is 0.279 e. The highest BCUT2D eigenvalue weighted by Gasteiger charge is 2.17. The molecule has 3 aromatic rings. The first kappa shape index (κ1) is 20.4. The summed E-state index contributed by atoms with van der Waals surface area (Å²) < 4.78 is 51.4. The van der Waals surface area contributed by atoms with Gasteiger partial charge in [-0.15, -0.1) is 21.5 Å². The van der Waals surface area contributed by atoms with Crippen molar-refractivity contribution in [2.75, 3.05) is 10.5 Å². The SMILES string of the molecule is CCc1ccc(S(=O)(=O)Nc2ccc(-c3ccc(S(=O)(=O)CC)nn3)cc2)s1. The lowest BCUT2D eigenvalue weighted by Crippen LogP contribution is -2.11. The predicted molar refractivity (Wildman–Crippen MR) is 110 cm³/mol. The van der Waals surface area contributed by atoms with Crippen LogP contribution in [0.3, 0.4) is 0 Å². The monoisotopic (exact) mass is 437 g/mol. The number of nitrogens with one attached hydrogen (secondary N) is 1. The molecule has 1 N–H and O–H groups in total. The number of hydrogen-bond acceptors (Lipinski definition) is 7. The van der Waals surface area contributed by atoms with E-state index in [1.54, 1.807) is 43.3 Å². The lowest BCUT2D eigenvalue weighted by Gasteiger charge is -2.07. The van der Waals surface area contributed by atoms with Gasteiger partial charge in [0.2, 0.25) is 0 Å². The number of aromatic nitrogens is 2. The van der Waals surface area contributed by atoms with Crippen molar-refractivity contribution < 1.29 is 16.8 Å². The van der Waals surface area contributed by atoms with E-state index in [0.717, 1.165) is 11.3 Å². The number of nitrogens with zero attached hydrogens (tertiary/aromatic N) is 2. The highest BCUT2D eigenvalue weighted by atomic mass is 32.2. The van der Waals surface area contributed by atoms with E-state index in [4.69, 9.17) is 0 Å². The van der Waals surface area contributed by atoms with E-state index < -0.39 is 19.9 Å². The summed E-state index contributed by atoms with van der Waals surface area (Å²) in [5.41, 5.74) is 1.61. The molecule has 2 heterocycles. The third kappa shape index (κ3) is 4.40. The van der Waals surface area contributed by atoms with E-state index in [-0.39, 0.29) is 15.0 Å². The van der Waals surface area contributed by atoms with Crippen LogP contribution in [0.4, 0.5) is 5.69 Å². The molecule has 1 aromatic carbocycles. The number of anilines is 1. The normalized spacial score (nSPS) is 12.1. The minimum Gasteiger partial charge on any atom is -0.279 e. The molecular weight excluding hydrogens is 418 g/mol. The van der Waals surface area contributed by atoms with E-state index in [2.05, 4.69) is 14.9 Å². The summed E-state index contributed by atoms with van der Waals surface area (Å²) in [6.45, 7) is 3.52. The van der Waals surface area contributed by atoms with Gasteiger partial charge in [0.15, 0.2) is 14.9 Å². The van der Waals surface area contributed by atoms with Crippen LogP contribution in [0, 0.1) is 0 Å². The highest BCUT2D eigenvalue weighted by Crippen LogP contribution is 2.26. The first-order chi connectivity index (χ1) is 13.2. The zero-order valence-electron chi connectivity index (χ0n) is 15.3. The van der Waals surface area contributed by atoms with Crippen molar-refractivity contribution in [3.8, 4) is 11.3 Å². The molecule has 7 nitrogen and oxygen atoms in total. The maximum atomic E-state index is 12.5. The van der Waals surface area contributed by atoms with Gasteiger partial charge in [0.1, 0.15) is 4.21 Å². The molecule has 0 aliphatic carbocycles. The predicted octanol–water partition coefficient (Wildman–Crippen LogP) is 3.36. The summed E-state index contributed by atoms with van der Waals surface area (Å²) in [5.74, 6) is -0.0418. The molecule has 3 rings (SSSR count). The summed E-state index contributed by atoms with van der Waals surface area (Å²) >= 11 is 1.25. The Kier molecular flexibility index (Phi) is 5.82. The number of sulfonamides is 1. The van der Waals surface area contributed by atoms with Crippen LogP contribution in [0.15, 0.2) is 57.8 Å². The number of thiophene rings is 1. The molecule has 28 heavy (non-hydrogen) atoms. The Hall–Kier alpha value is -2.30. The number of aryl methyl sites for hydroxylation is 1. The Labute approximate surface area is 168 Å². The average molecular weight is 438 g/mol. The fraction of sp³-hybridized carbons (Fsp3) is 0.222. The first-order valence-electron chi connectivity index (χ1n) is 8.53. The second kappa shape index (κ2) is 7.98. The van der Waals surface area contributed by atoms with E-state index >= 15 is 0 Å². The van der Waals surface area contributed by atoms with Gasteiger partial charge in [0.25, 0.3) is 10.0 Å². The van der Waals surface area contributed by atoms with E-state index in [1.807, 2.05) is 13.0 Å². The topological polar surface area (TPSA) is 106 Å². The van der Waals surface area contributed by atoms with Gasteiger partial charge in [0.05, 0.1) is 11.4 Å². The molecule has 0 unspecified atom stereocenters. The lowest BCUT2D eigenvalue weighted by atomic mass is 10.1. The Balaban J connectivity index is 1.78. The van der Waals surface area contributed by atoms with Crippen LogP contribution >= 0.6 is 11.3 Å². The van der Waals surface area contributed by atoms with Crippen LogP contribution in [-0.2, 0) is 26.3 Å². The van der Waals surface area contributed by atoms with Gasteiger partial charge < -0.3 is 0 Å². The number of benzene rings is 1. The van der Waals surface area contributed by atoms with Gasteiger partial charge in [-0.2, -0.15) is 0 Å². The third-order valence-corrected chi connectivity index (χ3v) is 8.74. The quantitative estimate of drug-likeness (QED) is 0.607. The maximum absolute atomic E-state index is 12.5. The molecule has 0 radical (unpaired) electrons. The molecule has 0 atom stereocenters. The third-order valence-electron chi connectivity index (χ3n) is 4.02. The maximum Gasteiger partial charge on any atom is 0.271 e. The van der Waals surface area contributed by atoms with Crippen LogP contribution in [-0.4, -0.2) is 32.8 Å². The van der Waals surface area contributed by atoms with Crippen LogP contribution in [0.25, 0.3) is 11.3 Å². The van der Waals surface area contributed by atoms with Gasteiger partial charge >= 0.3 is 0 Å². The van der Waals surface area contributed by atoms with Crippen LogP contribution < -0.4 is 4.72 Å². The first-order valence-corrected chi connectivity index (χ1v) is 12.5. The fourth-order valence-corrected chi connectivity index (χ4v) is 5.49. The van der Waals surface area contributed by atoms with Crippen molar-refractivity contribution in [2.24, 2.45) is 0 Å². The summed E-state index contributed by atoms with van der Waals surface area (Å²) in [4.78, 5) is 1.00. The van der Waals surface area contributed by atoms with E-state index in [0.29, 0.717) is 16.9 Å². The Morgan fingerprint density at radius 2 is 1.61 bits per heavy atom. The molecule has 0 saturated carbocycles. The standard InChI is InChI=1S/C18H19N3O4S3/c1-3-15-9-12-18(26-15)28(24,25)21-14-7-5-13(6-8-14)16-10-11-17(20-19-16)27(22,23)4-2/h5-12,21H,3-4H2,1-2H3. The van der Waals surface area contributed by atoms with E-state index in [1.165, 1.54) is 17.4 Å². The van der Waals surface area contributed by atoms with Gasteiger partial charge in [0, 0.05) is 16.1 Å². The summed E-state index contributed by atoms with van der Waals surface area (Å²) in [7, 11) is -7.03. The fourth-order valence-electron chi connectivity index (χ4n) is 2.39. The Morgan fingerprint density at radius 1 is 0.893 bits per heavy atom. The second-order valence-electron chi connectivity index (χ2n) is 5.92. The van der Waals surface area contributed by atoms with Crippen molar-refractivity contribution in [3.05, 3.63) is 53.4 Å². The summed E-state index contributed by atoms with van der Waals surface area (Å²) in [6, 6.07) is 13.0. The van der Waals surface area contributed by atoms with Crippen LogP contribution in [0.5, 0.6) is 0 Å². The van der Waals surface area contributed by atoms with Gasteiger partial charge in [-0.1, -0.05) is 26.0 Å². The minimum absolute atomic E-state index is 0.0418. The van der Waals surface area contributed by atoms with Crippen molar-refractivity contribution in [2.45, 2.75) is 29.5 Å². The molecule has 10 heteroatoms. The zero-order chi connectivity index (χ0) is 20.4. The van der Waals surface area contributed by atoms with Crippen molar-refractivity contribution in [1.82, 2.24) is 10.2 Å². The smallest absolute Gasteiger partial charge is 0.271 e. The molecular formula is C18H19N3O4S3. The molecule has 148 valence electrons. The van der Waals surface area contributed by atoms with E-state index in [9.17, 15) is 16.8 Å². The lowest BCUT2D eigenvalue weighted by molar-refractivity contribution is 0.591. The molecule has 0 amide bonds. The minimum atomic E-state index is -3.63. The van der Waals surface area contributed by atoms with Crippen LogP contribution in [0.2, 0.25) is 0 Å².